The van der Waals surface area contributed by atoms with Crippen LogP contribution in [-0.4, -0.2) is 40.5 Å². The lowest BCUT2D eigenvalue weighted by atomic mass is 9.81. The summed E-state index contributed by atoms with van der Waals surface area (Å²) in [5, 5.41) is 9.46. The maximum Gasteiger partial charge on any atom is 0.224 e. The van der Waals surface area contributed by atoms with Crippen LogP contribution in [0.4, 0.5) is 5.95 Å². The lowest BCUT2D eigenvalue weighted by Gasteiger charge is -2.39. The van der Waals surface area contributed by atoms with Gasteiger partial charge >= 0.3 is 0 Å². The first-order valence-electron chi connectivity index (χ1n) is 11.1. The second-order valence-electron chi connectivity index (χ2n) is 9.14. The van der Waals surface area contributed by atoms with Crippen LogP contribution in [0.25, 0.3) is 11.0 Å². The van der Waals surface area contributed by atoms with Gasteiger partial charge in [-0.15, -0.1) is 0 Å². The number of nitrogens with one attached hydrogen (secondary N) is 1. The zero-order valence-electron chi connectivity index (χ0n) is 17.3. The Bertz CT molecular complexity index is 1070. The zero-order chi connectivity index (χ0) is 20.8. The molecule has 1 aliphatic heterocycles. The van der Waals surface area contributed by atoms with E-state index in [0.29, 0.717) is 25.3 Å². The maximum atomic E-state index is 11.7. The van der Waals surface area contributed by atoms with Crippen LogP contribution in [0.3, 0.4) is 0 Å². The fourth-order valence-corrected chi connectivity index (χ4v) is 6.49. The van der Waals surface area contributed by atoms with E-state index in [-0.39, 0.29) is 11.6 Å². The van der Waals surface area contributed by atoms with Crippen LogP contribution in [-0.2, 0) is 22.1 Å². The molecule has 2 aromatic heterocycles. The van der Waals surface area contributed by atoms with Gasteiger partial charge in [-0.05, 0) is 44.6 Å². The number of rotatable bonds is 3. The number of fused-ring (bicyclic) bond motifs is 4. The molecule has 3 aliphatic rings. The van der Waals surface area contributed by atoms with Crippen LogP contribution in [0.15, 0.2) is 17.3 Å². The smallest absolute Gasteiger partial charge is 0.224 e. The van der Waals surface area contributed by atoms with Crippen molar-refractivity contribution < 1.29 is 8.42 Å². The summed E-state index contributed by atoms with van der Waals surface area (Å²) < 4.78 is 25.9. The van der Waals surface area contributed by atoms with Crippen LogP contribution in [0.2, 0.25) is 0 Å². The summed E-state index contributed by atoms with van der Waals surface area (Å²) >= 11 is 0. The zero-order valence-corrected chi connectivity index (χ0v) is 18.1. The highest BCUT2D eigenvalue weighted by atomic mass is 32.2. The Morgan fingerprint density at radius 3 is 2.73 bits per heavy atom. The Kier molecular flexibility index (Phi) is 5.05. The van der Waals surface area contributed by atoms with Crippen molar-refractivity contribution in [3.63, 3.8) is 0 Å². The van der Waals surface area contributed by atoms with Gasteiger partial charge in [0.25, 0.3) is 0 Å². The van der Waals surface area contributed by atoms with Crippen LogP contribution < -0.4 is 10.5 Å². The first kappa shape index (κ1) is 19.9. The molecule has 9 heteroatoms. The van der Waals surface area contributed by atoms with Crippen LogP contribution in [0.1, 0.15) is 69.9 Å². The Morgan fingerprint density at radius 1 is 1.10 bits per heavy atom. The Hall–Kier alpha value is -2.00. The molecular formula is C21H30N6O2S. The van der Waals surface area contributed by atoms with E-state index in [2.05, 4.69) is 32.1 Å². The fraction of sp³-hybridized carbons (Fsp3) is 0.667. The lowest BCUT2D eigenvalue weighted by Crippen LogP contribution is -2.40. The molecule has 0 aromatic carbocycles. The summed E-state index contributed by atoms with van der Waals surface area (Å²) in [6.07, 6.45) is 13.7. The first-order valence-corrected chi connectivity index (χ1v) is 12.7. The number of anilines is 1. The predicted octanol–water partition coefficient (Wildman–Crippen LogP) is 3.08. The molecule has 5 rings (SSSR count). The van der Waals surface area contributed by atoms with Crippen molar-refractivity contribution in [3.05, 3.63) is 18.0 Å². The Labute approximate surface area is 177 Å². The van der Waals surface area contributed by atoms with E-state index in [1.165, 1.54) is 25.0 Å². The number of aromatic nitrogens is 3. The van der Waals surface area contributed by atoms with Crippen molar-refractivity contribution in [1.82, 2.24) is 14.5 Å². The summed E-state index contributed by atoms with van der Waals surface area (Å²) in [7, 11) is -3.47. The molecule has 3 heterocycles. The highest BCUT2D eigenvalue weighted by Gasteiger charge is 2.37. The van der Waals surface area contributed by atoms with Gasteiger partial charge in [0, 0.05) is 29.5 Å². The van der Waals surface area contributed by atoms with Crippen molar-refractivity contribution in [3.8, 4) is 0 Å². The predicted molar refractivity (Wildman–Crippen MR) is 118 cm³/mol. The molecule has 2 aliphatic carbocycles. The second kappa shape index (κ2) is 7.60. The molecule has 2 atom stereocenters. The first-order chi connectivity index (χ1) is 14.4. The van der Waals surface area contributed by atoms with Crippen molar-refractivity contribution in [1.29, 1.82) is 0 Å². The molecular weight excluding hydrogens is 400 g/mol. The molecule has 2 fully saturated rings. The highest BCUT2D eigenvalue weighted by Crippen LogP contribution is 2.39. The molecule has 30 heavy (non-hydrogen) atoms. The minimum Gasteiger partial charge on any atom is -0.351 e. The van der Waals surface area contributed by atoms with Gasteiger partial charge in [0.2, 0.25) is 16.0 Å². The van der Waals surface area contributed by atoms with Gasteiger partial charge in [-0.1, -0.05) is 25.7 Å². The number of nitrogens with two attached hydrogens (primary N) is 1. The molecule has 0 bridgehead atoms. The summed E-state index contributed by atoms with van der Waals surface area (Å²) in [4.78, 5) is 14.2. The van der Waals surface area contributed by atoms with Gasteiger partial charge in [-0.2, -0.15) is 4.98 Å². The molecule has 2 saturated carbocycles. The number of aliphatic imine (C=N–C) groups is 1. The van der Waals surface area contributed by atoms with E-state index in [0.717, 1.165) is 43.1 Å². The summed E-state index contributed by atoms with van der Waals surface area (Å²) in [5.74, 6) is 0.621. The van der Waals surface area contributed by atoms with E-state index in [1.54, 1.807) is 0 Å². The van der Waals surface area contributed by atoms with Crippen LogP contribution in [0, 0.1) is 0 Å². The summed E-state index contributed by atoms with van der Waals surface area (Å²) in [6.45, 7) is 0.693. The average Bonchev–Trinajstić information content (AvgIpc) is 2.92. The summed E-state index contributed by atoms with van der Waals surface area (Å²) in [6, 6.07) is 2.34. The van der Waals surface area contributed by atoms with E-state index in [4.69, 9.17) is 10.1 Å². The number of primary sulfonamides is 1. The second-order valence-corrected chi connectivity index (χ2v) is 11.0. The molecule has 8 nitrogen and oxygen atoms in total. The molecule has 162 valence electrons. The summed E-state index contributed by atoms with van der Waals surface area (Å²) in [5.41, 5.74) is 2.14. The minimum absolute atomic E-state index is 0.0514. The molecule has 0 radical (unpaired) electrons. The van der Waals surface area contributed by atoms with E-state index < -0.39 is 15.3 Å². The normalized spacial score (nSPS) is 26.4. The van der Waals surface area contributed by atoms with Gasteiger partial charge in [0.15, 0.2) is 0 Å². The SMILES string of the molecule is NS(=O)(=O)C1CCCC(Nc2ncc3cc4n(c3n2)C2(C=NC4)CCCCC2)CC1. The topological polar surface area (TPSA) is 115 Å². The molecule has 3 N–H and O–H groups in total. The Balaban J connectivity index is 1.41. The third-order valence-electron chi connectivity index (χ3n) is 7.08. The number of nitrogens with zero attached hydrogens (tertiary/aromatic N) is 4. The van der Waals surface area contributed by atoms with Crippen molar-refractivity contribution in [2.45, 2.75) is 87.6 Å². The molecule has 2 aromatic rings. The maximum absolute atomic E-state index is 11.7. The van der Waals surface area contributed by atoms with Gasteiger partial charge < -0.3 is 9.88 Å². The third-order valence-corrected chi connectivity index (χ3v) is 8.48. The van der Waals surface area contributed by atoms with Gasteiger partial charge in [-0.3, -0.25) is 4.99 Å². The van der Waals surface area contributed by atoms with E-state index >= 15 is 0 Å². The number of sulfonamides is 1. The molecule has 0 saturated heterocycles. The fourth-order valence-electron chi connectivity index (χ4n) is 5.53. The van der Waals surface area contributed by atoms with Crippen LogP contribution >= 0.6 is 0 Å². The molecule has 0 amide bonds. The van der Waals surface area contributed by atoms with Crippen molar-refractivity contribution >= 4 is 33.2 Å². The van der Waals surface area contributed by atoms with Gasteiger partial charge in [-0.25, -0.2) is 18.5 Å². The highest BCUT2D eigenvalue weighted by molar-refractivity contribution is 7.89. The van der Waals surface area contributed by atoms with Crippen molar-refractivity contribution in [2.24, 2.45) is 10.1 Å². The molecule has 2 unspecified atom stereocenters. The standard InChI is InChI=1S/C21H30N6O2S/c22-30(28,29)18-6-4-5-16(7-8-18)25-20-24-12-15-11-17-13-23-14-21(9-2-1-3-10-21)27(17)19(15)26-20/h11-12,14,16,18H,1-10,13H2,(H2,22,28,29)(H,24,25,26). The number of hydrogen-bond acceptors (Lipinski definition) is 6. The van der Waals surface area contributed by atoms with Gasteiger partial charge in [0.1, 0.15) is 5.65 Å². The lowest BCUT2D eigenvalue weighted by molar-refractivity contribution is 0.282. The van der Waals surface area contributed by atoms with E-state index in [9.17, 15) is 8.42 Å². The van der Waals surface area contributed by atoms with Crippen molar-refractivity contribution in [2.75, 3.05) is 5.32 Å². The van der Waals surface area contributed by atoms with Crippen LogP contribution in [0.5, 0.6) is 0 Å². The molecule has 1 spiro atoms. The monoisotopic (exact) mass is 430 g/mol. The average molecular weight is 431 g/mol. The Morgan fingerprint density at radius 2 is 1.93 bits per heavy atom. The quantitative estimate of drug-likeness (QED) is 0.726. The largest absolute Gasteiger partial charge is 0.351 e. The van der Waals surface area contributed by atoms with E-state index in [1.807, 2.05) is 6.20 Å². The third kappa shape index (κ3) is 3.62. The van der Waals surface area contributed by atoms with Gasteiger partial charge in [0.05, 0.1) is 17.3 Å². The number of hydrogen-bond donors (Lipinski definition) is 2. The minimum atomic E-state index is -3.47.